The van der Waals surface area contributed by atoms with E-state index in [1.807, 2.05) is 36.4 Å². The van der Waals surface area contributed by atoms with Gasteiger partial charge in [-0.1, -0.05) is 26.0 Å². The highest BCUT2D eigenvalue weighted by atomic mass is 16.5. The van der Waals surface area contributed by atoms with Crippen molar-refractivity contribution in [2.45, 2.75) is 20.4 Å². The number of rotatable bonds is 11. The number of hydrogen-bond donors (Lipinski definition) is 0. The quantitative estimate of drug-likeness (QED) is 0.539. The zero-order valence-electron chi connectivity index (χ0n) is 17.6. The molecule has 0 saturated heterocycles. The van der Waals surface area contributed by atoms with E-state index in [0.29, 0.717) is 43.7 Å². The Morgan fingerprint density at radius 1 is 1.17 bits per heavy atom. The van der Waals surface area contributed by atoms with E-state index in [4.69, 9.17) is 14.2 Å². The summed E-state index contributed by atoms with van der Waals surface area (Å²) in [7, 11) is 3.23. The fourth-order valence-electron chi connectivity index (χ4n) is 2.59. The molecule has 6 nitrogen and oxygen atoms in total. The van der Waals surface area contributed by atoms with Crippen LogP contribution in [0.15, 0.2) is 48.7 Å². The van der Waals surface area contributed by atoms with Gasteiger partial charge in [0.15, 0.2) is 11.5 Å². The SMILES string of the molecule is COCCN(Cc1ccccn1)C(=O)/C=C/c1ccc(OCC(C)C)c(OC)c1. The molecule has 1 amide bonds. The molecule has 2 rings (SSSR count). The van der Waals surface area contributed by atoms with E-state index in [1.54, 1.807) is 37.5 Å². The Morgan fingerprint density at radius 3 is 2.66 bits per heavy atom. The summed E-state index contributed by atoms with van der Waals surface area (Å²) in [5.74, 6) is 1.66. The van der Waals surface area contributed by atoms with Crippen LogP contribution in [0.5, 0.6) is 11.5 Å². The third kappa shape index (κ3) is 7.58. The third-order valence-corrected chi connectivity index (χ3v) is 4.13. The van der Waals surface area contributed by atoms with Gasteiger partial charge in [0.25, 0.3) is 0 Å². The number of pyridine rings is 1. The first-order valence-corrected chi connectivity index (χ1v) is 9.70. The van der Waals surface area contributed by atoms with Crippen molar-refractivity contribution in [3.63, 3.8) is 0 Å². The lowest BCUT2D eigenvalue weighted by Gasteiger charge is -2.20. The molecule has 0 unspecified atom stereocenters. The Labute approximate surface area is 173 Å². The van der Waals surface area contributed by atoms with Crippen LogP contribution in [0.1, 0.15) is 25.1 Å². The molecule has 0 aliphatic rings. The summed E-state index contributed by atoms with van der Waals surface area (Å²) in [4.78, 5) is 18.7. The maximum Gasteiger partial charge on any atom is 0.247 e. The summed E-state index contributed by atoms with van der Waals surface area (Å²) in [5, 5.41) is 0. The maximum absolute atomic E-state index is 12.7. The van der Waals surface area contributed by atoms with Crippen LogP contribution >= 0.6 is 0 Å². The molecule has 0 N–H and O–H groups in total. The minimum absolute atomic E-state index is 0.105. The van der Waals surface area contributed by atoms with Gasteiger partial charge in [-0.25, -0.2) is 0 Å². The molecule has 0 radical (unpaired) electrons. The van der Waals surface area contributed by atoms with Gasteiger partial charge < -0.3 is 19.1 Å². The third-order valence-electron chi connectivity index (χ3n) is 4.13. The first-order chi connectivity index (χ1) is 14.0. The molecular formula is C23H30N2O4. The molecule has 1 aromatic carbocycles. The van der Waals surface area contributed by atoms with Crippen LogP contribution in [0.3, 0.4) is 0 Å². The molecule has 0 spiro atoms. The van der Waals surface area contributed by atoms with Gasteiger partial charge in [-0.05, 0) is 41.8 Å². The molecule has 0 atom stereocenters. The molecular weight excluding hydrogens is 368 g/mol. The van der Waals surface area contributed by atoms with Gasteiger partial charge in [-0.3, -0.25) is 9.78 Å². The first kappa shape index (κ1) is 22.4. The van der Waals surface area contributed by atoms with E-state index in [0.717, 1.165) is 11.3 Å². The van der Waals surface area contributed by atoms with Gasteiger partial charge in [0.05, 0.1) is 32.6 Å². The van der Waals surface area contributed by atoms with E-state index in [-0.39, 0.29) is 5.91 Å². The number of hydrogen-bond acceptors (Lipinski definition) is 5. The predicted molar refractivity (Wildman–Crippen MR) is 114 cm³/mol. The summed E-state index contributed by atoms with van der Waals surface area (Å²) in [5.41, 5.74) is 1.69. The number of methoxy groups -OCH3 is 2. The number of ether oxygens (including phenoxy) is 3. The van der Waals surface area contributed by atoms with Crippen LogP contribution in [0.4, 0.5) is 0 Å². The minimum Gasteiger partial charge on any atom is -0.493 e. The lowest BCUT2D eigenvalue weighted by Crippen LogP contribution is -2.32. The average molecular weight is 399 g/mol. The van der Waals surface area contributed by atoms with Crippen molar-refractivity contribution >= 4 is 12.0 Å². The molecule has 29 heavy (non-hydrogen) atoms. The highest BCUT2D eigenvalue weighted by molar-refractivity contribution is 5.91. The van der Waals surface area contributed by atoms with E-state index in [2.05, 4.69) is 18.8 Å². The van der Waals surface area contributed by atoms with Crippen LogP contribution in [0.25, 0.3) is 6.08 Å². The van der Waals surface area contributed by atoms with Gasteiger partial charge in [0.2, 0.25) is 5.91 Å². The highest BCUT2D eigenvalue weighted by Crippen LogP contribution is 2.29. The Morgan fingerprint density at radius 2 is 2.00 bits per heavy atom. The zero-order chi connectivity index (χ0) is 21.1. The number of amides is 1. The average Bonchev–Trinajstić information content (AvgIpc) is 2.74. The van der Waals surface area contributed by atoms with Crippen molar-refractivity contribution in [2.24, 2.45) is 5.92 Å². The van der Waals surface area contributed by atoms with Crippen LogP contribution < -0.4 is 9.47 Å². The van der Waals surface area contributed by atoms with Gasteiger partial charge in [0, 0.05) is 25.9 Å². The van der Waals surface area contributed by atoms with Crippen molar-refractivity contribution in [1.82, 2.24) is 9.88 Å². The van der Waals surface area contributed by atoms with E-state index in [9.17, 15) is 4.79 Å². The van der Waals surface area contributed by atoms with E-state index >= 15 is 0 Å². The zero-order valence-corrected chi connectivity index (χ0v) is 17.6. The normalized spacial score (nSPS) is 11.1. The summed E-state index contributed by atoms with van der Waals surface area (Å²) in [6, 6.07) is 11.3. The lowest BCUT2D eigenvalue weighted by atomic mass is 10.1. The van der Waals surface area contributed by atoms with Crippen molar-refractivity contribution in [3.8, 4) is 11.5 Å². The first-order valence-electron chi connectivity index (χ1n) is 9.70. The summed E-state index contributed by atoms with van der Waals surface area (Å²) in [6.07, 6.45) is 5.05. The number of benzene rings is 1. The van der Waals surface area contributed by atoms with Crippen LogP contribution in [0, 0.1) is 5.92 Å². The molecule has 0 aliphatic carbocycles. The predicted octanol–water partition coefficient (Wildman–Crippen LogP) is 3.81. The second-order valence-corrected chi connectivity index (χ2v) is 7.02. The summed E-state index contributed by atoms with van der Waals surface area (Å²) in [6.45, 7) is 6.18. The van der Waals surface area contributed by atoms with E-state index in [1.165, 1.54) is 0 Å². The minimum atomic E-state index is -0.105. The fraction of sp³-hybridized carbons (Fsp3) is 0.391. The molecule has 1 aromatic heterocycles. The smallest absolute Gasteiger partial charge is 0.247 e. The lowest BCUT2D eigenvalue weighted by molar-refractivity contribution is -0.127. The molecule has 0 fully saturated rings. The van der Waals surface area contributed by atoms with Crippen molar-refractivity contribution < 1.29 is 19.0 Å². The number of carbonyl (C=O) groups is 1. The molecule has 156 valence electrons. The van der Waals surface area contributed by atoms with Crippen molar-refractivity contribution in [2.75, 3.05) is 34.0 Å². The van der Waals surface area contributed by atoms with Crippen LogP contribution in [0.2, 0.25) is 0 Å². The largest absolute Gasteiger partial charge is 0.493 e. The second kappa shape index (κ2) is 11.9. The molecule has 0 bridgehead atoms. The Bertz CT molecular complexity index is 791. The molecule has 0 aliphatic heterocycles. The van der Waals surface area contributed by atoms with Gasteiger partial charge >= 0.3 is 0 Å². The Balaban J connectivity index is 2.09. The van der Waals surface area contributed by atoms with Gasteiger partial charge in [-0.2, -0.15) is 0 Å². The van der Waals surface area contributed by atoms with Gasteiger partial charge in [0.1, 0.15) is 0 Å². The Hall–Kier alpha value is -2.86. The highest BCUT2D eigenvalue weighted by Gasteiger charge is 2.12. The summed E-state index contributed by atoms with van der Waals surface area (Å²) >= 11 is 0. The fourth-order valence-corrected chi connectivity index (χ4v) is 2.59. The number of aromatic nitrogens is 1. The number of nitrogens with zero attached hydrogens (tertiary/aromatic N) is 2. The second-order valence-electron chi connectivity index (χ2n) is 7.02. The number of carbonyl (C=O) groups excluding carboxylic acids is 1. The van der Waals surface area contributed by atoms with Crippen molar-refractivity contribution in [3.05, 3.63) is 59.9 Å². The monoisotopic (exact) mass is 398 g/mol. The van der Waals surface area contributed by atoms with Gasteiger partial charge in [-0.15, -0.1) is 0 Å². The Kier molecular flexibility index (Phi) is 9.18. The molecule has 0 saturated carbocycles. The standard InChI is InChI=1S/C23H30N2O4/c1-18(2)17-29-21-10-8-19(15-22(21)28-4)9-11-23(26)25(13-14-27-3)16-20-7-5-6-12-24-20/h5-12,15,18H,13-14,16-17H2,1-4H3/b11-9+. The van der Waals surface area contributed by atoms with Crippen molar-refractivity contribution in [1.29, 1.82) is 0 Å². The maximum atomic E-state index is 12.7. The molecule has 1 heterocycles. The van der Waals surface area contributed by atoms with Crippen LogP contribution in [-0.4, -0.2) is 49.8 Å². The van der Waals surface area contributed by atoms with E-state index < -0.39 is 0 Å². The molecule has 2 aromatic rings. The topological polar surface area (TPSA) is 60.9 Å². The molecule has 6 heteroatoms. The van der Waals surface area contributed by atoms with Crippen LogP contribution in [-0.2, 0) is 16.1 Å². The summed E-state index contributed by atoms with van der Waals surface area (Å²) < 4.78 is 16.3.